The highest BCUT2D eigenvalue weighted by Crippen LogP contribution is 2.36. The lowest BCUT2D eigenvalue weighted by atomic mass is 9.90. The second kappa shape index (κ2) is 11.5. The number of H-pyrrole nitrogens is 1. The summed E-state index contributed by atoms with van der Waals surface area (Å²) < 4.78 is 42.6. The van der Waals surface area contributed by atoms with Crippen molar-refractivity contribution in [2.45, 2.75) is 22.8 Å². The highest BCUT2D eigenvalue weighted by molar-refractivity contribution is 7.91. The Morgan fingerprint density at radius 1 is 1.02 bits per heavy atom. The third-order valence-electron chi connectivity index (χ3n) is 6.55. The maximum Gasteiger partial charge on any atom is 0.287 e. The summed E-state index contributed by atoms with van der Waals surface area (Å²) in [5.74, 6) is 0.283. The number of carbonyl (C=O) groups is 1. The van der Waals surface area contributed by atoms with Gasteiger partial charge in [0.1, 0.15) is 0 Å². The number of aromatic amines is 1. The van der Waals surface area contributed by atoms with Crippen LogP contribution in [0.1, 0.15) is 34.5 Å². The fourth-order valence-electron chi connectivity index (χ4n) is 4.56. The quantitative estimate of drug-likeness (QED) is 0.204. The Bertz CT molecular complexity index is 1760. The third kappa shape index (κ3) is 5.43. The minimum absolute atomic E-state index is 0.0158. The van der Waals surface area contributed by atoms with Crippen LogP contribution in [0, 0.1) is 0 Å². The minimum atomic E-state index is -3.95. The zero-order valence-electron chi connectivity index (χ0n) is 21.8. The first-order valence-corrected chi connectivity index (χ1v) is 14.4. The Labute approximate surface area is 236 Å². The Morgan fingerprint density at radius 2 is 1.80 bits per heavy atom. The molecule has 0 saturated carbocycles. The second-order valence-electron chi connectivity index (χ2n) is 8.97. The zero-order chi connectivity index (χ0) is 28.3. The van der Waals surface area contributed by atoms with Gasteiger partial charge in [0.25, 0.3) is 5.91 Å². The standard InChI is InChI=1S/C30H27ClN2O6S/c1-3-38-26-13-8-19(16-28(26)37-2)23(24-18-32-25-7-5-4-6-22(24)25)17-33-30(34)27-14-15-29(39-27)40(35,36)21-11-9-20(31)10-12-21/h4-16,18,23,32H,3,17H2,1-2H3,(H,33,34). The number of para-hydroxylation sites is 1. The van der Waals surface area contributed by atoms with E-state index in [1.807, 2.05) is 55.6 Å². The van der Waals surface area contributed by atoms with Crippen LogP contribution in [-0.2, 0) is 9.84 Å². The number of benzene rings is 3. The van der Waals surface area contributed by atoms with Crippen LogP contribution < -0.4 is 14.8 Å². The van der Waals surface area contributed by atoms with E-state index < -0.39 is 15.7 Å². The fourth-order valence-corrected chi connectivity index (χ4v) is 5.86. The lowest BCUT2D eigenvalue weighted by molar-refractivity contribution is 0.0919. The van der Waals surface area contributed by atoms with Gasteiger partial charge in [-0.2, -0.15) is 0 Å². The molecule has 1 atom stereocenters. The van der Waals surface area contributed by atoms with E-state index in [1.165, 1.54) is 36.4 Å². The molecule has 0 saturated heterocycles. The van der Waals surface area contributed by atoms with E-state index >= 15 is 0 Å². The molecule has 1 amide bonds. The molecule has 0 aliphatic carbocycles. The van der Waals surface area contributed by atoms with Gasteiger partial charge in [0, 0.05) is 34.6 Å². The summed E-state index contributed by atoms with van der Waals surface area (Å²) in [4.78, 5) is 16.4. The number of hydrogen-bond acceptors (Lipinski definition) is 6. The van der Waals surface area contributed by atoms with Crippen molar-refractivity contribution in [2.24, 2.45) is 0 Å². The molecule has 0 bridgehead atoms. The topological polar surface area (TPSA) is 111 Å². The number of rotatable bonds is 10. The summed E-state index contributed by atoms with van der Waals surface area (Å²) in [6.45, 7) is 2.60. The number of fused-ring (bicyclic) bond motifs is 1. The number of nitrogens with one attached hydrogen (secondary N) is 2. The molecule has 206 valence electrons. The summed E-state index contributed by atoms with van der Waals surface area (Å²) in [5, 5.41) is 4.01. The van der Waals surface area contributed by atoms with Gasteiger partial charge in [0.2, 0.25) is 14.9 Å². The summed E-state index contributed by atoms with van der Waals surface area (Å²) in [6.07, 6.45) is 1.92. The number of hydrogen-bond donors (Lipinski definition) is 2. The Morgan fingerprint density at radius 3 is 2.55 bits per heavy atom. The van der Waals surface area contributed by atoms with Crippen molar-refractivity contribution in [2.75, 3.05) is 20.3 Å². The van der Waals surface area contributed by atoms with Crippen LogP contribution in [-0.4, -0.2) is 39.6 Å². The van der Waals surface area contributed by atoms with Gasteiger partial charge >= 0.3 is 0 Å². The van der Waals surface area contributed by atoms with Crippen molar-refractivity contribution in [3.8, 4) is 11.5 Å². The lowest BCUT2D eigenvalue weighted by Gasteiger charge is -2.20. The molecule has 0 radical (unpaired) electrons. The summed E-state index contributed by atoms with van der Waals surface area (Å²) in [5.41, 5.74) is 2.85. The summed E-state index contributed by atoms with van der Waals surface area (Å²) in [7, 11) is -2.37. The van der Waals surface area contributed by atoms with Crippen LogP contribution in [0.3, 0.4) is 0 Å². The van der Waals surface area contributed by atoms with Gasteiger partial charge in [-0.1, -0.05) is 35.9 Å². The van der Waals surface area contributed by atoms with Gasteiger partial charge in [-0.25, -0.2) is 8.42 Å². The summed E-state index contributed by atoms with van der Waals surface area (Å²) in [6, 6.07) is 21.9. The largest absolute Gasteiger partial charge is 0.493 e. The molecular weight excluding hydrogens is 552 g/mol. The Balaban J connectivity index is 1.42. The first kappa shape index (κ1) is 27.4. The van der Waals surface area contributed by atoms with Crippen molar-refractivity contribution in [3.05, 3.63) is 107 Å². The van der Waals surface area contributed by atoms with Crippen molar-refractivity contribution >= 4 is 38.2 Å². The van der Waals surface area contributed by atoms with Gasteiger partial charge in [0.15, 0.2) is 17.3 Å². The normalized spacial score (nSPS) is 12.3. The lowest BCUT2D eigenvalue weighted by Crippen LogP contribution is -2.28. The van der Waals surface area contributed by atoms with Gasteiger partial charge in [-0.15, -0.1) is 0 Å². The van der Waals surface area contributed by atoms with E-state index in [0.29, 0.717) is 23.1 Å². The highest BCUT2D eigenvalue weighted by Gasteiger charge is 2.25. The van der Waals surface area contributed by atoms with E-state index in [-0.39, 0.29) is 28.2 Å². The van der Waals surface area contributed by atoms with E-state index in [0.717, 1.165) is 22.0 Å². The number of aromatic nitrogens is 1. The third-order valence-corrected chi connectivity index (χ3v) is 8.44. The monoisotopic (exact) mass is 578 g/mol. The number of ether oxygens (including phenoxy) is 2. The molecular formula is C30H27ClN2O6S. The number of furan rings is 1. The van der Waals surface area contributed by atoms with Crippen LogP contribution in [0.4, 0.5) is 0 Å². The fraction of sp³-hybridized carbons (Fsp3) is 0.167. The SMILES string of the molecule is CCOc1ccc(C(CNC(=O)c2ccc(S(=O)(=O)c3ccc(Cl)cc3)o2)c2c[nH]c3ccccc23)cc1OC. The van der Waals surface area contributed by atoms with E-state index in [2.05, 4.69) is 10.3 Å². The van der Waals surface area contributed by atoms with E-state index in [9.17, 15) is 13.2 Å². The predicted molar refractivity (Wildman–Crippen MR) is 152 cm³/mol. The molecule has 0 aliphatic rings. The molecule has 1 unspecified atom stereocenters. The molecule has 10 heteroatoms. The van der Waals surface area contributed by atoms with Gasteiger partial charge in [0.05, 0.1) is 18.6 Å². The maximum atomic E-state index is 13.1. The van der Waals surface area contributed by atoms with Crippen LogP contribution >= 0.6 is 11.6 Å². The van der Waals surface area contributed by atoms with Crippen molar-refractivity contribution < 1.29 is 27.1 Å². The van der Waals surface area contributed by atoms with Crippen molar-refractivity contribution in [1.29, 1.82) is 0 Å². The number of halogens is 1. The van der Waals surface area contributed by atoms with E-state index in [4.69, 9.17) is 25.5 Å². The Kier molecular flexibility index (Phi) is 7.86. The smallest absolute Gasteiger partial charge is 0.287 e. The molecule has 0 aliphatic heterocycles. The number of methoxy groups -OCH3 is 1. The zero-order valence-corrected chi connectivity index (χ0v) is 23.4. The molecule has 2 heterocycles. The van der Waals surface area contributed by atoms with Crippen LogP contribution in [0.15, 0.2) is 99.5 Å². The first-order valence-electron chi connectivity index (χ1n) is 12.6. The van der Waals surface area contributed by atoms with Gasteiger partial charge < -0.3 is 24.2 Å². The van der Waals surface area contributed by atoms with E-state index in [1.54, 1.807) is 7.11 Å². The predicted octanol–water partition coefficient (Wildman–Crippen LogP) is 6.22. The molecule has 3 aromatic carbocycles. The number of carbonyl (C=O) groups excluding carboxylic acids is 1. The Hall–Kier alpha value is -4.21. The van der Waals surface area contributed by atoms with Gasteiger partial charge in [-0.05, 0) is 72.6 Å². The second-order valence-corrected chi connectivity index (χ2v) is 11.3. The minimum Gasteiger partial charge on any atom is -0.493 e. The maximum absolute atomic E-state index is 13.1. The van der Waals surface area contributed by atoms with Crippen LogP contribution in [0.25, 0.3) is 10.9 Å². The van der Waals surface area contributed by atoms with Gasteiger partial charge in [-0.3, -0.25) is 4.79 Å². The highest BCUT2D eigenvalue weighted by atomic mass is 35.5. The van der Waals surface area contributed by atoms with Crippen LogP contribution in [0.5, 0.6) is 11.5 Å². The first-order chi connectivity index (χ1) is 19.3. The molecule has 0 fully saturated rings. The van der Waals surface area contributed by atoms with Crippen molar-refractivity contribution in [3.63, 3.8) is 0 Å². The van der Waals surface area contributed by atoms with Crippen LogP contribution in [0.2, 0.25) is 5.02 Å². The molecule has 5 aromatic rings. The molecule has 5 rings (SSSR count). The summed E-state index contributed by atoms with van der Waals surface area (Å²) >= 11 is 5.88. The average Bonchev–Trinajstić information content (AvgIpc) is 3.63. The molecule has 8 nitrogen and oxygen atoms in total. The molecule has 0 spiro atoms. The molecule has 2 aromatic heterocycles. The number of sulfone groups is 1. The molecule has 2 N–H and O–H groups in total. The average molecular weight is 579 g/mol. The van der Waals surface area contributed by atoms with Crippen molar-refractivity contribution in [1.82, 2.24) is 10.3 Å². The molecule has 40 heavy (non-hydrogen) atoms. The number of amides is 1.